The van der Waals surface area contributed by atoms with Gasteiger partial charge in [-0.3, -0.25) is 4.79 Å². The number of thiophene rings is 1. The lowest BCUT2D eigenvalue weighted by atomic mass is 10.0. The molecule has 0 atom stereocenters. The topological polar surface area (TPSA) is 104 Å². The summed E-state index contributed by atoms with van der Waals surface area (Å²) in [5, 5.41) is 10.6. The summed E-state index contributed by atoms with van der Waals surface area (Å²) < 4.78 is 27.5. The van der Waals surface area contributed by atoms with E-state index in [1.54, 1.807) is 22.4 Å². The molecular weight excluding hydrogens is 376 g/mol. The second-order valence-electron chi connectivity index (χ2n) is 6.00. The first-order valence-electron chi connectivity index (χ1n) is 8.05. The number of carboxylic acids is 1. The SMILES string of the molecule is O=C(O)c1ccc(C(=O)N2CCC(NS(=O)(=O)c3cccs3)CC2)cc1. The van der Waals surface area contributed by atoms with Crippen molar-refractivity contribution < 1.29 is 23.1 Å². The molecule has 26 heavy (non-hydrogen) atoms. The average molecular weight is 394 g/mol. The number of likely N-dealkylation sites (tertiary alicyclic amines) is 1. The summed E-state index contributed by atoms with van der Waals surface area (Å²) >= 11 is 1.17. The van der Waals surface area contributed by atoms with Crippen molar-refractivity contribution in [3.8, 4) is 0 Å². The van der Waals surface area contributed by atoms with Gasteiger partial charge in [0.15, 0.2) is 0 Å². The Hall–Kier alpha value is -2.23. The summed E-state index contributed by atoms with van der Waals surface area (Å²) in [6.07, 6.45) is 1.06. The van der Waals surface area contributed by atoms with Crippen LogP contribution in [0.15, 0.2) is 46.0 Å². The molecule has 0 spiro atoms. The number of benzene rings is 1. The van der Waals surface area contributed by atoms with Gasteiger partial charge < -0.3 is 10.0 Å². The van der Waals surface area contributed by atoms with Crippen LogP contribution in [0, 0.1) is 0 Å². The van der Waals surface area contributed by atoms with Gasteiger partial charge >= 0.3 is 5.97 Å². The molecule has 1 aliphatic rings. The number of hydrogen-bond donors (Lipinski definition) is 2. The summed E-state index contributed by atoms with van der Waals surface area (Å²) in [6, 6.07) is 8.84. The molecule has 0 bridgehead atoms. The third-order valence-corrected chi connectivity index (χ3v) is 7.16. The van der Waals surface area contributed by atoms with E-state index < -0.39 is 16.0 Å². The fraction of sp³-hybridized carbons (Fsp3) is 0.294. The number of nitrogens with zero attached hydrogens (tertiary/aromatic N) is 1. The quantitative estimate of drug-likeness (QED) is 0.808. The van der Waals surface area contributed by atoms with Crippen molar-refractivity contribution in [1.29, 1.82) is 0 Å². The Morgan fingerprint density at radius 1 is 1.08 bits per heavy atom. The minimum atomic E-state index is -3.51. The van der Waals surface area contributed by atoms with Crippen LogP contribution in [0.2, 0.25) is 0 Å². The van der Waals surface area contributed by atoms with Crippen LogP contribution >= 0.6 is 11.3 Å². The number of carbonyl (C=O) groups is 2. The fourth-order valence-electron chi connectivity index (χ4n) is 2.83. The Morgan fingerprint density at radius 2 is 1.69 bits per heavy atom. The maximum Gasteiger partial charge on any atom is 0.335 e. The van der Waals surface area contributed by atoms with Gasteiger partial charge in [0.05, 0.1) is 5.56 Å². The Bertz CT molecular complexity index is 884. The normalized spacial score (nSPS) is 15.8. The minimum absolute atomic E-state index is 0.128. The highest BCUT2D eigenvalue weighted by molar-refractivity contribution is 7.91. The minimum Gasteiger partial charge on any atom is -0.478 e. The van der Waals surface area contributed by atoms with Gasteiger partial charge in [0, 0.05) is 24.7 Å². The van der Waals surface area contributed by atoms with Crippen molar-refractivity contribution in [1.82, 2.24) is 9.62 Å². The molecule has 138 valence electrons. The average Bonchev–Trinajstić information content (AvgIpc) is 3.17. The van der Waals surface area contributed by atoms with E-state index in [1.807, 2.05) is 0 Å². The van der Waals surface area contributed by atoms with E-state index >= 15 is 0 Å². The molecule has 2 aromatic rings. The van der Waals surface area contributed by atoms with E-state index in [9.17, 15) is 18.0 Å². The highest BCUT2D eigenvalue weighted by Gasteiger charge is 2.27. The predicted octanol–water partition coefficient (Wildman–Crippen LogP) is 2.03. The molecule has 1 saturated heterocycles. The van der Waals surface area contributed by atoms with Gasteiger partial charge in [0.25, 0.3) is 5.91 Å². The summed E-state index contributed by atoms with van der Waals surface area (Å²) in [4.78, 5) is 25.0. The van der Waals surface area contributed by atoms with Crippen LogP contribution in [0.1, 0.15) is 33.6 Å². The van der Waals surface area contributed by atoms with Gasteiger partial charge in [-0.15, -0.1) is 11.3 Å². The lowest BCUT2D eigenvalue weighted by molar-refractivity contribution is 0.0688. The molecule has 7 nitrogen and oxygen atoms in total. The van der Waals surface area contributed by atoms with Crippen molar-refractivity contribution in [2.24, 2.45) is 0 Å². The fourth-order valence-corrected chi connectivity index (χ4v) is 5.15. The number of aromatic carboxylic acids is 1. The molecule has 1 aliphatic heterocycles. The van der Waals surface area contributed by atoms with Crippen molar-refractivity contribution in [3.05, 3.63) is 52.9 Å². The monoisotopic (exact) mass is 394 g/mol. The van der Waals surface area contributed by atoms with Crippen LogP contribution < -0.4 is 4.72 Å². The summed E-state index contributed by atoms with van der Waals surface area (Å²) in [6.45, 7) is 0.883. The first kappa shape index (κ1) is 18.6. The number of carboxylic acid groups (broad SMARTS) is 1. The van der Waals surface area contributed by atoms with Crippen molar-refractivity contribution >= 4 is 33.2 Å². The van der Waals surface area contributed by atoms with Crippen molar-refractivity contribution in [2.75, 3.05) is 13.1 Å². The number of amides is 1. The molecule has 9 heteroatoms. The number of piperidine rings is 1. The molecule has 0 radical (unpaired) electrons. The second-order valence-corrected chi connectivity index (χ2v) is 8.89. The highest BCUT2D eigenvalue weighted by Crippen LogP contribution is 2.19. The predicted molar refractivity (Wildman–Crippen MR) is 97.0 cm³/mol. The van der Waals surface area contributed by atoms with Gasteiger partial charge in [-0.1, -0.05) is 6.07 Å². The first-order chi connectivity index (χ1) is 12.4. The Kier molecular flexibility index (Phi) is 5.40. The largest absolute Gasteiger partial charge is 0.478 e. The zero-order chi connectivity index (χ0) is 18.7. The van der Waals surface area contributed by atoms with E-state index in [2.05, 4.69) is 4.72 Å². The van der Waals surface area contributed by atoms with Crippen molar-refractivity contribution in [2.45, 2.75) is 23.1 Å². The van der Waals surface area contributed by atoms with Gasteiger partial charge in [-0.2, -0.15) is 0 Å². The van der Waals surface area contributed by atoms with Crippen LogP contribution in [0.5, 0.6) is 0 Å². The van der Waals surface area contributed by atoms with Crippen LogP contribution in [0.3, 0.4) is 0 Å². The zero-order valence-corrected chi connectivity index (χ0v) is 15.4. The first-order valence-corrected chi connectivity index (χ1v) is 10.4. The number of hydrogen-bond acceptors (Lipinski definition) is 5. The molecular formula is C17H18N2O5S2. The van der Waals surface area contributed by atoms with E-state index in [1.165, 1.54) is 35.6 Å². The lowest BCUT2D eigenvalue weighted by Gasteiger charge is -2.32. The number of rotatable bonds is 5. The second kappa shape index (κ2) is 7.56. The third kappa shape index (κ3) is 4.12. The van der Waals surface area contributed by atoms with Crippen LogP contribution in [-0.4, -0.2) is 49.4 Å². The van der Waals surface area contributed by atoms with Gasteiger partial charge in [0.1, 0.15) is 4.21 Å². The third-order valence-electron chi connectivity index (χ3n) is 4.24. The van der Waals surface area contributed by atoms with Gasteiger partial charge in [-0.05, 0) is 48.6 Å². The number of carbonyl (C=O) groups excluding carboxylic acids is 1. The van der Waals surface area contributed by atoms with Crippen molar-refractivity contribution in [3.63, 3.8) is 0 Å². The summed E-state index contributed by atoms with van der Waals surface area (Å²) in [5.41, 5.74) is 0.552. The molecule has 1 aromatic heterocycles. The molecule has 0 saturated carbocycles. The Labute approximate surface area is 155 Å². The molecule has 0 aliphatic carbocycles. The highest BCUT2D eigenvalue weighted by atomic mass is 32.2. The van der Waals surface area contributed by atoms with Crippen LogP contribution in [0.25, 0.3) is 0 Å². The lowest BCUT2D eigenvalue weighted by Crippen LogP contribution is -2.46. The van der Waals surface area contributed by atoms with Gasteiger partial charge in [0.2, 0.25) is 10.0 Å². The molecule has 0 unspecified atom stereocenters. The molecule has 1 aromatic carbocycles. The van der Waals surface area contributed by atoms with Crippen LogP contribution in [-0.2, 0) is 10.0 Å². The number of nitrogens with one attached hydrogen (secondary N) is 1. The molecule has 1 amide bonds. The maximum absolute atomic E-state index is 12.5. The molecule has 2 heterocycles. The van der Waals surface area contributed by atoms with Gasteiger partial charge in [-0.25, -0.2) is 17.9 Å². The van der Waals surface area contributed by atoms with E-state index in [-0.39, 0.29) is 21.7 Å². The standard InChI is InChI=1S/C17H18N2O5S2/c20-16(12-3-5-13(6-4-12)17(21)22)19-9-7-14(8-10-19)18-26(23,24)15-2-1-11-25-15/h1-6,11,14,18H,7-10H2,(H,21,22). The van der Waals surface area contributed by atoms with E-state index in [0.717, 1.165) is 0 Å². The smallest absolute Gasteiger partial charge is 0.335 e. The maximum atomic E-state index is 12.5. The van der Waals surface area contributed by atoms with E-state index in [4.69, 9.17) is 5.11 Å². The number of sulfonamides is 1. The summed E-state index contributed by atoms with van der Waals surface area (Å²) in [5.74, 6) is -1.22. The Balaban J connectivity index is 1.58. The summed E-state index contributed by atoms with van der Waals surface area (Å²) in [7, 11) is -3.51. The molecule has 1 fully saturated rings. The molecule has 2 N–H and O–H groups in total. The zero-order valence-electron chi connectivity index (χ0n) is 13.8. The molecule has 3 rings (SSSR count). The van der Waals surface area contributed by atoms with E-state index in [0.29, 0.717) is 31.5 Å². The Morgan fingerprint density at radius 3 is 2.23 bits per heavy atom. The van der Waals surface area contributed by atoms with Crippen LogP contribution in [0.4, 0.5) is 0 Å².